The molecular formula is C43H60N4O10S. The Morgan fingerprint density at radius 2 is 1.69 bits per heavy atom. The first-order valence-electron chi connectivity index (χ1n) is 21.0. The van der Waals surface area contributed by atoms with Crippen molar-refractivity contribution in [3.05, 3.63) is 42.0 Å². The number of aryl methyl sites for hydroxylation is 1. The van der Waals surface area contributed by atoms with E-state index in [-0.39, 0.29) is 42.7 Å². The summed E-state index contributed by atoms with van der Waals surface area (Å²) in [6.45, 7) is 5.44. The number of benzene rings is 2. The van der Waals surface area contributed by atoms with Crippen LogP contribution in [0.15, 0.2) is 36.4 Å². The molecule has 14 nitrogen and oxygen atoms in total. The highest BCUT2D eigenvalue weighted by atomic mass is 32.2. The summed E-state index contributed by atoms with van der Waals surface area (Å²) in [4.78, 5) is 57.1. The maximum absolute atomic E-state index is 14.5. The molecular weight excluding hydrogens is 765 g/mol. The van der Waals surface area contributed by atoms with E-state index in [1.54, 1.807) is 7.11 Å². The molecule has 3 saturated carbocycles. The summed E-state index contributed by atoms with van der Waals surface area (Å²) < 4.78 is 50.3. The number of sulfonamides is 1. The first kappa shape index (κ1) is 42.2. The summed E-state index contributed by atoms with van der Waals surface area (Å²) in [6.07, 6.45) is 6.57. The highest BCUT2D eigenvalue weighted by Crippen LogP contribution is 2.57. The van der Waals surface area contributed by atoms with Crippen molar-refractivity contribution in [1.82, 2.24) is 20.3 Å². The molecule has 7 rings (SSSR count). The van der Waals surface area contributed by atoms with Crippen molar-refractivity contribution in [3.63, 3.8) is 0 Å². The average Bonchev–Trinajstić information content (AvgIpc) is 4.09. The van der Waals surface area contributed by atoms with E-state index >= 15 is 0 Å². The van der Waals surface area contributed by atoms with Crippen LogP contribution in [0.4, 0.5) is 4.79 Å². The number of nitrogens with zero attached hydrogens (tertiary/aromatic N) is 1. The molecule has 0 unspecified atom stereocenters. The number of rotatable bonds is 18. The summed E-state index contributed by atoms with van der Waals surface area (Å²) >= 11 is 0. The maximum atomic E-state index is 14.5. The Hall–Kier alpha value is -3.95. The molecule has 3 N–H and O–H groups in total. The first-order valence-corrected chi connectivity index (χ1v) is 22.6. The van der Waals surface area contributed by atoms with Crippen LogP contribution in [0.3, 0.4) is 0 Å². The molecule has 5 aliphatic rings. The van der Waals surface area contributed by atoms with E-state index in [0.717, 1.165) is 48.8 Å². The fourth-order valence-corrected chi connectivity index (χ4v) is 10.4. The van der Waals surface area contributed by atoms with Gasteiger partial charge in [-0.05, 0) is 122 Å². The molecule has 2 aliphatic heterocycles. The number of fused-ring (bicyclic) bond motifs is 1. The van der Waals surface area contributed by atoms with E-state index < -0.39 is 62.8 Å². The van der Waals surface area contributed by atoms with Gasteiger partial charge in [-0.25, -0.2) is 13.2 Å². The van der Waals surface area contributed by atoms with Crippen molar-refractivity contribution in [2.24, 2.45) is 23.2 Å². The van der Waals surface area contributed by atoms with Crippen LogP contribution < -0.4 is 20.1 Å². The second-order valence-electron chi connectivity index (χ2n) is 17.9. The van der Waals surface area contributed by atoms with Gasteiger partial charge in [-0.2, -0.15) is 0 Å². The van der Waals surface area contributed by atoms with Crippen molar-refractivity contribution < 1.29 is 46.5 Å². The lowest BCUT2D eigenvalue weighted by Gasteiger charge is -2.34. The van der Waals surface area contributed by atoms with E-state index in [2.05, 4.69) is 53.5 Å². The van der Waals surface area contributed by atoms with Crippen molar-refractivity contribution in [2.45, 2.75) is 120 Å². The van der Waals surface area contributed by atoms with Gasteiger partial charge in [0.25, 0.3) is 5.91 Å². The Labute approximate surface area is 341 Å². The largest absolute Gasteiger partial charge is 0.496 e. The number of carbonyl (C=O) groups is 4. The molecule has 2 aromatic rings. The van der Waals surface area contributed by atoms with Crippen molar-refractivity contribution in [1.29, 1.82) is 0 Å². The molecule has 0 spiro atoms. The molecule has 2 saturated heterocycles. The average molecular weight is 825 g/mol. The van der Waals surface area contributed by atoms with Crippen LogP contribution >= 0.6 is 0 Å². The highest BCUT2D eigenvalue weighted by molar-refractivity contribution is 7.91. The Morgan fingerprint density at radius 3 is 2.34 bits per heavy atom. The standard InChI is InChI=1S/C43H60N4O10S/c1-42(2,17-7-10-31-22-29-8-5-6-9-30(29)23-36(31)55-4)18-21-57-41(51)44-37(28-15-19-56-20-16-28)39(49)47-26-32(54-3)24-35(47)38(48)45-43(25-34(43)27-11-12-27)40(50)46-58(52,53)33-13-14-33/h5-6,8-9,22-23,27-28,32-35,37H,7,10-21,24-26H2,1-4H3,(H,44,51)(H,45,48)(H,46,50)/t32-,34-,35-,37-,43+/m0/s1. The minimum absolute atomic E-state index is 0.116. The van der Waals surface area contributed by atoms with Gasteiger partial charge >= 0.3 is 6.09 Å². The number of amides is 4. The Morgan fingerprint density at radius 1 is 0.983 bits per heavy atom. The summed E-state index contributed by atoms with van der Waals surface area (Å²) in [5.74, 6) is -0.985. The molecule has 3 aliphatic carbocycles. The second kappa shape index (κ2) is 17.3. The molecule has 15 heteroatoms. The van der Waals surface area contributed by atoms with E-state index in [0.29, 0.717) is 51.7 Å². The van der Waals surface area contributed by atoms with Gasteiger partial charge in [0.15, 0.2) is 0 Å². The highest BCUT2D eigenvalue weighted by Gasteiger charge is 2.67. The van der Waals surface area contributed by atoms with Crippen LogP contribution in [0.5, 0.6) is 5.75 Å². The molecule has 5 atom stereocenters. The molecule has 2 heterocycles. The van der Waals surface area contributed by atoms with Crippen molar-refractivity contribution in [3.8, 4) is 5.75 Å². The van der Waals surface area contributed by atoms with E-state index in [1.807, 2.05) is 12.1 Å². The van der Waals surface area contributed by atoms with Crippen molar-refractivity contribution >= 4 is 44.6 Å². The zero-order valence-corrected chi connectivity index (χ0v) is 35.1. The Kier molecular flexibility index (Phi) is 12.6. The number of hydrogen-bond acceptors (Lipinski definition) is 10. The number of carbonyl (C=O) groups excluding carboxylic acids is 4. The van der Waals surface area contributed by atoms with Crippen LogP contribution in [-0.2, 0) is 45.0 Å². The lowest BCUT2D eigenvalue weighted by Crippen LogP contribution is -2.59. The maximum Gasteiger partial charge on any atom is 0.407 e. The normalized spacial score (nSPS) is 25.5. The Balaban J connectivity index is 0.965. The van der Waals surface area contributed by atoms with E-state index in [4.69, 9.17) is 18.9 Å². The summed E-state index contributed by atoms with van der Waals surface area (Å²) in [6, 6.07) is 10.5. The molecule has 0 radical (unpaired) electrons. The predicted molar refractivity (Wildman–Crippen MR) is 216 cm³/mol. The fourth-order valence-electron chi connectivity index (χ4n) is 8.99. The molecule has 0 aromatic heterocycles. The zero-order valence-electron chi connectivity index (χ0n) is 34.3. The SMILES string of the molecule is COc1cc2ccccc2cc1CCCC(C)(C)CCOC(=O)N[C@H](C(=O)N1C[C@@H](OC)C[C@H]1C(=O)N[C@]1(C(=O)NS(=O)(=O)C2CC2)C[C@H]1C1CC1)C1CCOCC1. The quantitative estimate of drug-likeness (QED) is 0.192. The summed E-state index contributed by atoms with van der Waals surface area (Å²) in [5, 5.41) is 7.51. The van der Waals surface area contributed by atoms with Gasteiger partial charge < -0.3 is 34.5 Å². The zero-order chi connectivity index (χ0) is 41.2. The number of likely N-dealkylation sites (tertiary alicyclic amines) is 1. The summed E-state index contributed by atoms with van der Waals surface area (Å²) in [7, 11) is -0.615. The van der Waals surface area contributed by atoms with Gasteiger partial charge in [0.2, 0.25) is 21.8 Å². The van der Waals surface area contributed by atoms with Crippen LogP contribution in [0.2, 0.25) is 0 Å². The third-order valence-electron chi connectivity index (χ3n) is 13.1. The van der Waals surface area contributed by atoms with Gasteiger partial charge in [-0.3, -0.25) is 19.1 Å². The van der Waals surface area contributed by atoms with E-state index in [9.17, 15) is 27.6 Å². The molecule has 318 valence electrons. The smallest absolute Gasteiger partial charge is 0.407 e. The number of nitrogens with one attached hydrogen (secondary N) is 3. The first-order chi connectivity index (χ1) is 27.7. The van der Waals surface area contributed by atoms with Crippen molar-refractivity contribution in [2.75, 3.05) is 40.6 Å². The van der Waals surface area contributed by atoms with Gasteiger partial charge in [0, 0.05) is 33.3 Å². The number of alkyl carbamates (subject to hydrolysis) is 1. The third-order valence-corrected chi connectivity index (χ3v) is 14.9. The van der Waals surface area contributed by atoms with E-state index in [1.165, 1.54) is 17.4 Å². The van der Waals surface area contributed by atoms with Crippen LogP contribution in [0.25, 0.3) is 10.8 Å². The van der Waals surface area contributed by atoms with Crippen LogP contribution in [0.1, 0.15) is 90.0 Å². The monoisotopic (exact) mass is 824 g/mol. The molecule has 58 heavy (non-hydrogen) atoms. The molecule has 5 fully saturated rings. The minimum Gasteiger partial charge on any atom is -0.496 e. The number of ether oxygens (including phenoxy) is 4. The van der Waals surface area contributed by atoms with Crippen LogP contribution in [0, 0.1) is 23.2 Å². The Bertz CT molecular complexity index is 1960. The van der Waals surface area contributed by atoms with Gasteiger partial charge in [0.05, 0.1) is 25.1 Å². The topological polar surface area (TPSA) is 179 Å². The van der Waals surface area contributed by atoms with Gasteiger partial charge in [0.1, 0.15) is 23.4 Å². The lowest BCUT2D eigenvalue weighted by molar-refractivity contribution is -0.142. The van der Waals surface area contributed by atoms with Gasteiger partial charge in [-0.15, -0.1) is 0 Å². The molecule has 0 bridgehead atoms. The second-order valence-corrected chi connectivity index (χ2v) is 19.8. The third kappa shape index (κ3) is 9.73. The molecule has 4 amide bonds. The summed E-state index contributed by atoms with van der Waals surface area (Å²) in [5.41, 5.74) is -0.313. The van der Waals surface area contributed by atoms with Crippen LogP contribution in [-0.4, -0.2) is 107 Å². The molecule has 2 aromatic carbocycles. The van der Waals surface area contributed by atoms with Gasteiger partial charge in [-0.1, -0.05) is 38.1 Å². The lowest BCUT2D eigenvalue weighted by atomic mass is 9.83. The predicted octanol–water partition coefficient (Wildman–Crippen LogP) is 4.62. The number of hydrogen-bond donors (Lipinski definition) is 3. The fraction of sp³-hybridized carbons (Fsp3) is 0.674. The number of methoxy groups -OCH3 is 2. The minimum atomic E-state index is -3.83.